The highest BCUT2D eigenvalue weighted by atomic mass is 35.5. The van der Waals surface area contributed by atoms with Gasteiger partial charge in [-0.1, -0.05) is 0 Å². The fourth-order valence-corrected chi connectivity index (χ4v) is 2.72. The second kappa shape index (κ2) is 8.24. The molecule has 2 rings (SSSR count). The van der Waals surface area contributed by atoms with Crippen LogP contribution in [0.3, 0.4) is 0 Å². The Hall–Kier alpha value is -1.95. The summed E-state index contributed by atoms with van der Waals surface area (Å²) >= 11 is 5.76. The zero-order valence-electron chi connectivity index (χ0n) is 14.2. The maximum atomic E-state index is 12.7. The predicted molar refractivity (Wildman–Crippen MR) is 91.9 cm³/mol. The van der Waals surface area contributed by atoms with E-state index in [-0.39, 0.29) is 17.9 Å². The lowest BCUT2D eigenvalue weighted by Gasteiger charge is -2.32. The lowest BCUT2D eigenvalue weighted by Crippen LogP contribution is -2.47. The summed E-state index contributed by atoms with van der Waals surface area (Å²) in [5, 5.41) is 2.36. The maximum absolute atomic E-state index is 12.7. The van der Waals surface area contributed by atoms with Crippen LogP contribution in [0.1, 0.15) is 30.1 Å². The van der Waals surface area contributed by atoms with Gasteiger partial charge < -0.3 is 19.7 Å². The van der Waals surface area contributed by atoms with E-state index in [1.807, 2.05) is 0 Å². The number of ether oxygens (including phenoxy) is 2. The number of carbonyl (C=O) groups excluding carboxylic acids is 2. The number of piperidine rings is 1. The first-order chi connectivity index (χ1) is 11.4. The number of carbonyl (C=O) groups is 2. The van der Waals surface area contributed by atoms with Crippen molar-refractivity contribution in [1.82, 2.24) is 10.2 Å². The summed E-state index contributed by atoms with van der Waals surface area (Å²) in [5.41, 5.74) is 0.531. The second-order valence-corrected chi connectivity index (χ2v) is 6.45. The van der Waals surface area contributed by atoms with Gasteiger partial charge in [0.1, 0.15) is 16.9 Å². The lowest BCUT2D eigenvalue weighted by atomic mass is 10.0. The SMILES string of the molecule is COc1cc(OC)cc(C(=O)N2CCC(NC(=O)C(C)Cl)CC2)c1. The molecule has 1 aromatic rings. The molecule has 0 bridgehead atoms. The Morgan fingerprint density at radius 3 is 2.17 bits per heavy atom. The van der Waals surface area contributed by atoms with Gasteiger partial charge >= 0.3 is 0 Å². The van der Waals surface area contributed by atoms with Crippen molar-refractivity contribution in [3.8, 4) is 11.5 Å². The van der Waals surface area contributed by atoms with Crippen molar-refractivity contribution in [2.75, 3.05) is 27.3 Å². The average molecular weight is 355 g/mol. The molecule has 1 fully saturated rings. The van der Waals surface area contributed by atoms with Crippen LogP contribution in [0.4, 0.5) is 0 Å². The number of alkyl halides is 1. The van der Waals surface area contributed by atoms with Gasteiger partial charge in [0.25, 0.3) is 5.91 Å². The van der Waals surface area contributed by atoms with Crippen LogP contribution in [0.15, 0.2) is 18.2 Å². The second-order valence-electron chi connectivity index (χ2n) is 5.79. The van der Waals surface area contributed by atoms with E-state index in [1.54, 1.807) is 44.2 Å². The van der Waals surface area contributed by atoms with Crippen LogP contribution in [0, 0.1) is 0 Å². The summed E-state index contributed by atoms with van der Waals surface area (Å²) in [7, 11) is 3.10. The number of benzene rings is 1. The highest BCUT2D eigenvalue weighted by molar-refractivity contribution is 6.30. The zero-order chi connectivity index (χ0) is 17.7. The summed E-state index contributed by atoms with van der Waals surface area (Å²) in [6, 6.07) is 5.19. The average Bonchev–Trinajstić information content (AvgIpc) is 2.61. The number of nitrogens with one attached hydrogen (secondary N) is 1. The van der Waals surface area contributed by atoms with Gasteiger partial charge in [-0.25, -0.2) is 0 Å². The monoisotopic (exact) mass is 354 g/mol. The standard InChI is InChI=1S/C17H23ClN2O4/c1-11(18)16(21)19-13-4-6-20(7-5-13)17(22)12-8-14(23-2)10-15(9-12)24-3/h8-11,13H,4-7H2,1-3H3,(H,19,21). The molecule has 1 aliphatic rings. The van der Waals surface area contributed by atoms with Crippen molar-refractivity contribution in [3.63, 3.8) is 0 Å². The summed E-state index contributed by atoms with van der Waals surface area (Å²) in [5.74, 6) is 0.925. The largest absolute Gasteiger partial charge is 0.497 e. The van der Waals surface area contributed by atoms with E-state index in [4.69, 9.17) is 21.1 Å². The molecule has 1 N–H and O–H groups in total. The number of halogens is 1. The van der Waals surface area contributed by atoms with E-state index in [0.29, 0.717) is 43.0 Å². The first kappa shape index (κ1) is 18.4. The molecule has 2 amide bonds. The number of hydrogen-bond acceptors (Lipinski definition) is 4. The van der Waals surface area contributed by atoms with Gasteiger partial charge in [0.2, 0.25) is 5.91 Å². The summed E-state index contributed by atoms with van der Waals surface area (Å²) in [4.78, 5) is 26.1. The minimum absolute atomic E-state index is 0.0580. The molecule has 1 heterocycles. The highest BCUT2D eigenvalue weighted by Gasteiger charge is 2.26. The molecule has 0 aliphatic carbocycles. The van der Waals surface area contributed by atoms with E-state index >= 15 is 0 Å². The molecule has 0 saturated carbocycles. The Kier molecular flexibility index (Phi) is 6.31. The third kappa shape index (κ3) is 4.54. The van der Waals surface area contributed by atoms with Gasteiger partial charge in [-0.05, 0) is 31.9 Å². The molecule has 0 radical (unpaired) electrons. The molecule has 1 unspecified atom stereocenters. The highest BCUT2D eigenvalue weighted by Crippen LogP contribution is 2.24. The first-order valence-corrected chi connectivity index (χ1v) is 8.35. The number of nitrogens with zero attached hydrogens (tertiary/aromatic N) is 1. The Bertz CT molecular complexity index is 576. The van der Waals surface area contributed by atoms with E-state index in [2.05, 4.69) is 5.32 Å². The van der Waals surface area contributed by atoms with Crippen molar-refractivity contribution < 1.29 is 19.1 Å². The quantitative estimate of drug-likeness (QED) is 0.822. The van der Waals surface area contributed by atoms with Crippen LogP contribution in [0.25, 0.3) is 0 Å². The topological polar surface area (TPSA) is 67.9 Å². The number of hydrogen-bond donors (Lipinski definition) is 1. The lowest BCUT2D eigenvalue weighted by molar-refractivity contribution is -0.121. The molecular formula is C17H23ClN2O4. The summed E-state index contributed by atoms with van der Waals surface area (Å²) < 4.78 is 10.4. The van der Waals surface area contributed by atoms with Gasteiger partial charge in [0.15, 0.2) is 0 Å². The van der Waals surface area contributed by atoms with Crippen LogP contribution < -0.4 is 14.8 Å². The van der Waals surface area contributed by atoms with E-state index in [9.17, 15) is 9.59 Å². The molecule has 1 atom stereocenters. The van der Waals surface area contributed by atoms with Gasteiger partial charge in [-0.3, -0.25) is 9.59 Å². The van der Waals surface area contributed by atoms with Crippen molar-refractivity contribution in [2.24, 2.45) is 0 Å². The fraction of sp³-hybridized carbons (Fsp3) is 0.529. The number of amides is 2. The third-order valence-electron chi connectivity index (χ3n) is 4.09. The summed E-state index contributed by atoms with van der Waals surface area (Å²) in [6.45, 7) is 2.81. The molecule has 7 heteroatoms. The minimum atomic E-state index is -0.547. The van der Waals surface area contributed by atoms with Gasteiger partial charge in [0.05, 0.1) is 14.2 Å². The predicted octanol–water partition coefficient (Wildman–Crippen LogP) is 2.05. The van der Waals surface area contributed by atoms with Crippen LogP contribution in [0.2, 0.25) is 0 Å². The molecule has 1 aliphatic heterocycles. The molecular weight excluding hydrogens is 332 g/mol. The zero-order valence-corrected chi connectivity index (χ0v) is 14.9. The Morgan fingerprint density at radius 2 is 1.71 bits per heavy atom. The van der Waals surface area contributed by atoms with Gasteiger partial charge in [-0.2, -0.15) is 0 Å². The van der Waals surface area contributed by atoms with Gasteiger partial charge in [-0.15, -0.1) is 11.6 Å². The smallest absolute Gasteiger partial charge is 0.254 e. The molecule has 1 saturated heterocycles. The van der Waals surface area contributed by atoms with Crippen LogP contribution in [-0.2, 0) is 4.79 Å². The summed E-state index contributed by atoms with van der Waals surface area (Å²) in [6.07, 6.45) is 1.42. The molecule has 1 aromatic carbocycles. The van der Waals surface area contributed by atoms with Crippen molar-refractivity contribution in [2.45, 2.75) is 31.2 Å². The molecule has 0 spiro atoms. The van der Waals surface area contributed by atoms with Crippen LogP contribution in [-0.4, -0.2) is 55.4 Å². The van der Waals surface area contributed by atoms with E-state index < -0.39 is 5.38 Å². The third-order valence-corrected chi connectivity index (χ3v) is 4.29. The van der Waals surface area contributed by atoms with Crippen molar-refractivity contribution in [3.05, 3.63) is 23.8 Å². The van der Waals surface area contributed by atoms with Crippen molar-refractivity contribution >= 4 is 23.4 Å². The number of rotatable bonds is 5. The van der Waals surface area contributed by atoms with Gasteiger partial charge in [0, 0.05) is 30.8 Å². The first-order valence-electron chi connectivity index (χ1n) is 7.91. The van der Waals surface area contributed by atoms with Crippen LogP contribution >= 0.6 is 11.6 Å². The fourth-order valence-electron chi connectivity index (χ4n) is 2.66. The Morgan fingerprint density at radius 1 is 1.17 bits per heavy atom. The van der Waals surface area contributed by atoms with Crippen LogP contribution in [0.5, 0.6) is 11.5 Å². The van der Waals surface area contributed by atoms with E-state index in [1.165, 1.54) is 0 Å². The minimum Gasteiger partial charge on any atom is -0.497 e. The van der Waals surface area contributed by atoms with E-state index in [0.717, 1.165) is 0 Å². The maximum Gasteiger partial charge on any atom is 0.254 e. The van der Waals surface area contributed by atoms with Crippen molar-refractivity contribution in [1.29, 1.82) is 0 Å². The number of likely N-dealkylation sites (tertiary alicyclic amines) is 1. The number of methoxy groups -OCH3 is 2. The molecule has 6 nitrogen and oxygen atoms in total. The normalized spacial score (nSPS) is 16.4. The molecule has 132 valence electrons. The molecule has 24 heavy (non-hydrogen) atoms. The Balaban J connectivity index is 1.99. The molecule has 0 aromatic heterocycles. The Labute approximate surface area is 147 Å².